The van der Waals surface area contributed by atoms with E-state index in [1.54, 1.807) is 25.3 Å². The number of hydrogen-bond donors (Lipinski definition) is 2. The van der Waals surface area contributed by atoms with Gasteiger partial charge in [-0.05, 0) is 13.0 Å². The molecule has 0 saturated heterocycles. The Balaban J connectivity index is 4.11. The van der Waals surface area contributed by atoms with E-state index in [1.165, 1.54) is 0 Å². The van der Waals surface area contributed by atoms with Crippen molar-refractivity contribution in [2.75, 3.05) is 0 Å². The average Bonchev–Trinajstić information content (AvgIpc) is 2.16. The van der Waals surface area contributed by atoms with Crippen molar-refractivity contribution in [2.45, 2.75) is 20.3 Å². The molecule has 78 valence electrons. The number of carbonyl (C=O) groups is 1. The number of nitrogens with one attached hydrogen (secondary N) is 1. The molecule has 0 amide bonds. The minimum atomic E-state index is -0.779. The predicted molar refractivity (Wildman–Crippen MR) is 57.6 cm³/mol. The summed E-state index contributed by atoms with van der Waals surface area (Å²) < 4.78 is 0. The predicted octanol–water partition coefficient (Wildman–Crippen LogP) is 2.29. The van der Waals surface area contributed by atoms with Crippen LogP contribution in [0.15, 0.2) is 36.7 Å². The van der Waals surface area contributed by atoms with Crippen molar-refractivity contribution in [1.82, 2.24) is 5.32 Å². The molecule has 1 atom stereocenters. The van der Waals surface area contributed by atoms with E-state index in [9.17, 15) is 4.79 Å². The lowest BCUT2D eigenvalue weighted by Gasteiger charge is -2.09. The third-order valence-electron chi connectivity index (χ3n) is 1.80. The van der Waals surface area contributed by atoms with E-state index in [0.717, 1.165) is 5.70 Å². The number of hydrogen-bond acceptors (Lipinski definition) is 2. The molecule has 0 radical (unpaired) electrons. The molecule has 0 aliphatic carbocycles. The van der Waals surface area contributed by atoms with Gasteiger partial charge in [0, 0.05) is 18.3 Å². The van der Waals surface area contributed by atoms with Gasteiger partial charge in [-0.3, -0.25) is 4.79 Å². The fraction of sp³-hybridized carbons (Fsp3) is 0.364. The lowest BCUT2D eigenvalue weighted by atomic mass is 10.1. The van der Waals surface area contributed by atoms with Crippen molar-refractivity contribution < 1.29 is 9.90 Å². The normalized spacial score (nSPS) is 14.0. The zero-order valence-electron chi connectivity index (χ0n) is 8.66. The van der Waals surface area contributed by atoms with Crippen LogP contribution in [0.4, 0.5) is 0 Å². The maximum Gasteiger partial charge on any atom is 0.306 e. The first kappa shape index (κ1) is 12.5. The molecule has 3 nitrogen and oxygen atoms in total. The summed E-state index contributed by atoms with van der Waals surface area (Å²) in [4.78, 5) is 10.6. The zero-order chi connectivity index (χ0) is 11.0. The SMILES string of the molecule is C=C/C=C\N/C(=C\C)CC(C)C(=O)O. The van der Waals surface area contributed by atoms with Crippen LogP contribution in [0.25, 0.3) is 0 Å². The van der Waals surface area contributed by atoms with Crippen LogP contribution < -0.4 is 5.32 Å². The Morgan fingerprint density at radius 2 is 2.29 bits per heavy atom. The van der Waals surface area contributed by atoms with E-state index in [1.807, 2.05) is 13.0 Å². The summed E-state index contributed by atoms with van der Waals surface area (Å²) in [6.45, 7) is 7.09. The first-order valence-corrected chi connectivity index (χ1v) is 4.54. The van der Waals surface area contributed by atoms with Gasteiger partial charge in [-0.25, -0.2) is 0 Å². The Morgan fingerprint density at radius 3 is 2.71 bits per heavy atom. The number of carboxylic acids is 1. The van der Waals surface area contributed by atoms with Crippen molar-refractivity contribution in [1.29, 1.82) is 0 Å². The van der Waals surface area contributed by atoms with E-state index in [0.29, 0.717) is 6.42 Å². The molecule has 0 bridgehead atoms. The fourth-order valence-electron chi connectivity index (χ4n) is 0.900. The second-order valence-corrected chi connectivity index (χ2v) is 3.00. The molecule has 2 N–H and O–H groups in total. The topological polar surface area (TPSA) is 49.3 Å². The van der Waals surface area contributed by atoms with Crippen molar-refractivity contribution in [3.05, 3.63) is 36.7 Å². The van der Waals surface area contributed by atoms with Gasteiger partial charge in [0.2, 0.25) is 0 Å². The van der Waals surface area contributed by atoms with E-state index in [4.69, 9.17) is 5.11 Å². The number of allylic oxidation sites excluding steroid dienone is 4. The maximum atomic E-state index is 10.6. The van der Waals surface area contributed by atoms with E-state index < -0.39 is 5.97 Å². The molecule has 0 fully saturated rings. The lowest BCUT2D eigenvalue weighted by molar-refractivity contribution is -0.141. The fourth-order valence-corrected chi connectivity index (χ4v) is 0.900. The van der Waals surface area contributed by atoms with Gasteiger partial charge < -0.3 is 10.4 Å². The molecule has 0 aromatic carbocycles. The van der Waals surface area contributed by atoms with Gasteiger partial charge in [0.25, 0.3) is 0 Å². The maximum absolute atomic E-state index is 10.6. The van der Waals surface area contributed by atoms with Crippen LogP contribution in [-0.2, 0) is 4.79 Å². The van der Waals surface area contributed by atoms with E-state index in [2.05, 4.69) is 11.9 Å². The first-order chi connectivity index (χ1) is 6.61. The molecule has 0 heterocycles. The van der Waals surface area contributed by atoms with Crippen molar-refractivity contribution in [3.63, 3.8) is 0 Å². The van der Waals surface area contributed by atoms with Crippen LogP contribution in [0.1, 0.15) is 20.3 Å². The quantitative estimate of drug-likeness (QED) is 0.639. The molecule has 0 aliphatic heterocycles. The first-order valence-electron chi connectivity index (χ1n) is 4.54. The van der Waals surface area contributed by atoms with Crippen LogP contribution >= 0.6 is 0 Å². The van der Waals surface area contributed by atoms with Gasteiger partial charge in [-0.1, -0.05) is 25.7 Å². The van der Waals surface area contributed by atoms with Gasteiger partial charge in [0.05, 0.1) is 5.92 Å². The van der Waals surface area contributed by atoms with Crippen LogP contribution in [0.2, 0.25) is 0 Å². The Kier molecular flexibility index (Phi) is 6.20. The molecular weight excluding hydrogens is 178 g/mol. The van der Waals surface area contributed by atoms with Gasteiger partial charge in [0.1, 0.15) is 0 Å². The molecule has 0 spiro atoms. The van der Waals surface area contributed by atoms with Crippen molar-refractivity contribution in [2.24, 2.45) is 5.92 Å². The molecule has 14 heavy (non-hydrogen) atoms. The summed E-state index contributed by atoms with van der Waals surface area (Å²) >= 11 is 0. The summed E-state index contributed by atoms with van der Waals surface area (Å²) in [6.07, 6.45) is 7.52. The number of rotatable bonds is 6. The summed E-state index contributed by atoms with van der Waals surface area (Å²) in [5.41, 5.74) is 0.901. The monoisotopic (exact) mass is 195 g/mol. The third-order valence-corrected chi connectivity index (χ3v) is 1.80. The molecule has 0 rings (SSSR count). The van der Waals surface area contributed by atoms with Crippen LogP contribution in [-0.4, -0.2) is 11.1 Å². The number of carboxylic acid groups (broad SMARTS) is 1. The minimum absolute atomic E-state index is 0.370. The molecular formula is C11H17NO2. The zero-order valence-corrected chi connectivity index (χ0v) is 8.66. The van der Waals surface area contributed by atoms with Crippen LogP contribution in [0.5, 0.6) is 0 Å². The summed E-state index contributed by atoms with van der Waals surface area (Å²) in [5.74, 6) is -1.15. The molecule has 0 aromatic rings. The third kappa shape index (κ3) is 5.19. The van der Waals surface area contributed by atoms with Crippen molar-refractivity contribution >= 4 is 5.97 Å². The summed E-state index contributed by atoms with van der Waals surface area (Å²) in [6, 6.07) is 0. The van der Waals surface area contributed by atoms with Crippen LogP contribution in [0.3, 0.4) is 0 Å². The van der Waals surface area contributed by atoms with Crippen molar-refractivity contribution in [3.8, 4) is 0 Å². The van der Waals surface area contributed by atoms with Gasteiger partial charge >= 0.3 is 5.97 Å². The van der Waals surface area contributed by atoms with Gasteiger partial charge in [-0.15, -0.1) is 0 Å². The lowest BCUT2D eigenvalue weighted by Crippen LogP contribution is -2.15. The highest BCUT2D eigenvalue weighted by Crippen LogP contribution is 2.08. The second kappa shape index (κ2) is 6.95. The average molecular weight is 195 g/mol. The highest BCUT2D eigenvalue weighted by atomic mass is 16.4. The highest BCUT2D eigenvalue weighted by Gasteiger charge is 2.11. The van der Waals surface area contributed by atoms with Gasteiger partial charge in [-0.2, -0.15) is 0 Å². The molecule has 1 unspecified atom stereocenters. The molecule has 0 aromatic heterocycles. The molecule has 3 heteroatoms. The molecule has 0 aliphatic rings. The standard InChI is InChI=1S/C11H17NO2/c1-4-6-7-12-10(5-2)8-9(3)11(13)14/h4-7,9,12H,1,8H2,2-3H3,(H,13,14)/b7-6-,10-5-. The number of aliphatic carboxylic acids is 1. The summed E-state index contributed by atoms with van der Waals surface area (Å²) in [5, 5.41) is 11.7. The smallest absolute Gasteiger partial charge is 0.306 e. The largest absolute Gasteiger partial charge is 0.481 e. The van der Waals surface area contributed by atoms with E-state index >= 15 is 0 Å². The Hall–Kier alpha value is -1.51. The highest BCUT2D eigenvalue weighted by molar-refractivity contribution is 5.69. The molecule has 0 saturated carbocycles. The Bertz CT molecular complexity index is 254. The minimum Gasteiger partial charge on any atom is -0.481 e. The van der Waals surface area contributed by atoms with E-state index in [-0.39, 0.29) is 5.92 Å². The Labute approximate surface area is 84.8 Å². The van der Waals surface area contributed by atoms with Gasteiger partial charge in [0.15, 0.2) is 0 Å². The summed E-state index contributed by atoms with van der Waals surface area (Å²) in [7, 11) is 0. The second-order valence-electron chi connectivity index (χ2n) is 3.00. The Morgan fingerprint density at radius 1 is 1.64 bits per heavy atom. The van der Waals surface area contributed by atoms with Crippen LogP contribution in [0, 0.1) is 5.92 Å².